The Labute approximate surface area is 189 Å². The van der Waals surface area contributed by atoms with E-state index < -0.39 is 15.9 Å². The van der Waals surface area contributed by atoms with Gasteiger partial charge in [-0.2, -0.15) is 0 Å². The maximum Gasteiger partial charge on any atom is 0.234 e. The van der Waals surface area contributed by atoms with Crippen molar-refractivity contribution in [2.75, 3.05) is 6.26 Å². The molecule has 1 amide bonds. The van der Waals surface area contributed by atoms with Gasteiger partial charge in [0, 0.05) is 17.2 Å². The summed E-state index contributed by atoms with van der Waals surface area (Å²) in [6.45, 7) is 0.367. The van der Waals surface area contributed by atoms with Gasteiger partial charge in [0.1, 0.15) is 12.4 Å². The number of hydrogen-bond donors (Lipinski definition) is 1. The summed E-state index contributed by atoms with van der Waals surface area (Å²) in [5.74, 6) is 0.285. The average Bonchev–Trinajstić information content (AvgIpc) is 2.77. The molecule has 6 nitrogen and oxygen atoms in total. The molecule has 0 unspecified atom stereocenters. The van der Waals surface area contributed by atoms with Crippen LogP contribution in [0.25, 0.3) is 10.9 Å². The fraction of sp³-hybridized carbons (Fsp3) is 0.360. The molecule has 3 aromatic rings. The maximum absolute atomic E-state index is 12.4. The van der Waals surface area contributed by atoms with Crippen molar-refractivity contribution in [2.45, 2.75) is 50.5 Å². The van der Waals surface area contributed by atoms with Crippen molar-refractivity contribution in [1.29, 1.82) is 0 Å². The van der Waals surface area contributed by atoms with E-state index in [4.69, 9.17) is 4.74 Å². The van der Waals surface area contributed by atoms with Crippen LogP contribution in [0.1, 0.15) is 49.8 Å². The second-order valence-corrected chi connectivity index (χ2v) is 10.4. The van der Waals surface area contributed by atoms with E-state index in [0.29, 0.717) is 6.61 Å². The number of pyridine rings is 1. The van der Waals surface area contributed by atoms with Crippen LogP contribution in [0, 0.1) is 0 Å². The number of fused-ring (bicyclic) bond motifs is 1. The Balaban J connectivity index is 1.46. The largest absolute Gasteiger partial charge is 0.487 e. The number of para-hydroxylation sites is 1. The second kappa shape index (κ2) is 9.28. The minimum absolute atomic E-state index is 0.168. The zero-order valence-electron chi connectivity index (χ0n) is 18.2. The predicted molar refractivity (Wildman–Crippen MR) is 125 cm³/mol. The van der Waals surface area contributed by atoms with Crippen LogP contribution in [0.4, 0.5) is 0 Å². The molecule has 0 aliphatic heterocycles. The summed E-state index contributed by atoms with van der Waals surface area (Å²) in [7, 11) is -3.56. The number of aromatic nitrogens is 1. The summed E-state index contributed by atoms with van der Waals surface area (Å²) >= 11 is 0. The van der Waals surface area contributed by atoms with Crippen LogP contribution < -0.4 is 9.46 Å². The molecule has 1 N–H and O–H groups in total. The van der Waals surface area contributed by atoms with Gasteiger partial charge in [0.15, 0.2) is 0 Å². The molecule has 168 valence electrons. The fourth-order valence-corrected chi connectivity index (χ4v) is 5.08. The number of nitrogens with one attached hydrogen (secondary N) is 1. The third-order valence-electron chi connectivity index (χ3n) is 6.12. The van der Waals surface area contributed by atoms with Crippen molar-refractivity contribution in [3.8, 4) is 5.75 Å². The minimum Gasteiger partial charge on any atom is -0.487 e. The molecule has 32 heavy (non-hydrogen) atoms. The van der Waals surface area contributed by atoms with Crippen LogP contribution >= 0.6 is 0 Å². The molecule has 0 radical (unpaired) electrons. The molecule has 0 atom stereocenters. The standard InChI is InChI=1S/C25H28N2O4S/c1-32(29,30)27-24(28)17-25(15-5-2-6-16-25)20-10-13-22(14-11-20)31-18-21-12-9-19-7-3-4-8-23(19)26-21/h3-4,7-14H,2,5-6,15-18H2,1H3,(H,27,28). The van der Waals surface area contributed by atoms with Crippen molar-refractivity contribution in [2.24, 2.45) is 0 Å². The number of carbonyl (C=O) groups is 1. The second-order valence-electron chi connectivity index (χ2n) is 8.62. The summed E-state index contributed by atoms with van der Waals surface area (Å²) < 4.78 is 31.0. The van der Waals surface area contributed by atoms with Gasteiger partial charge < -0.3 is 4.74 Å². The molecule has 1 aromatic heterocycles. The van der Waals surface area contributed by atoms with E-state index in [9.17, 15) is 13.2 Å². The molecule has 0 spiro atoms. The summed E-state index contributed by atoms with van der Waals surface area (Å²) in [4.78, 5) is 17.0. The Hall–Kier alpha value is -2.93. The SMILES string of the molecule is CS(=O)(=O)NC(=O)CC1(c2ccc(OCc3ccc4ccccc4n3)cc2)CCCCC1. The fourth-order valence-electron chi connectivity index (χ4n) is 4.60. The maximum atomic E-state index is 12.4. The average molecular weight is 453 g/mol. The van der Waals surface area contributed by atoms with E-state index in [1.54, 1.807) is 0 Å². The number of carbonyl (C=O) groups excluding carboxylic acids is 1. The van der Waals surface area contributed by atoms with Crippen molar-refractivity contribution in [3.05, 3.63) is 71.9 Å². The van der Waals surface area contributed by atoms with Gasteiger partial charge in [0.2, 0.25) is 15.9 Å². The van der Waals surface area contributed by atoms with Crippen molar-refractivity contribution in [1.82, 2.24) is 9.71 Å². The summed E-state index contributed by atoms with van der Waals surface area (Å²) in [6, 6.07) is 19.8. The Bertz CT molecular complexity index is 1200. The molecule has 0 saturated heterocycles. The van der Waals surface area contributed by atoms with E-state index in [1.165, 1.54) is 0 Å². The van der Waals surface area contributed by atoms with Crippen LogP contribution in [0.5, 0.6) is 5.75 Å². The third kappa shape index (κ3) is 5.46. The number of nitrogens with zero attached hydrogens (tertiary/aromatic N) is 1. The number of hydrogen-bond acceptors (Lipinski definition) is 5. The zero-order chi connectivity index (χ0) is 22.6. The van der Waals surface area contributed by atoms with Gasteiger partial charge in [-0.05, 0) is 42.7 Å². The van der Waals surface area contributed by atoms with Gasteiger partial charge in [-0.25, -0.2) is 13.4 Å². The van der Waals surface area contributed by atoms with Gasteiger partial charge in [0.05, 0.1) is 17.5 Å². The Morgan fingerprint density at radius 1 is 1.00 bits per heavy atom. The Kier molecular flexibility index (Phi) is 6.46. The van der Waals surface area contributed by atoms with E-state index in [0.717, 1.165) is 66.3 Å². The molecule has 1 aliphatic rings. The molecule has 2 aromatic carbocycles. The first-order chi connectivity index (χ1) is 15.3. The minimum atomic E-state index is -3.56. The van der Waals surface area contributed by atoms with Crippen LogP contribution in [0.15, 0.2) is 60.7 Å². The van der Waals surface area contributed by atoms with Gasteiger partial charge in [-0.15, -0.1) is 0 Å². The first kappa shape index (κ1) is 22.3. The van der Waals surface area contributed by atoms with Crippen molar-refractivity contribution >= 4 is 26.8 Å². The van der Waals surface area contributed by atoms with Gasteiger partial charge >= 0.3 is 0 Å². The number of amides is 1. The van der Waals surface area contributed by atoms with Crippen LogP contribution in [-0.2, 0) is 26.8 Å². The molecular formula is C25H28N2O4S. The topological polar surface area (TPSA) is 85.4 Å². The highest BCUT2D eigenvalue weighted by Gasteiger charge is 2.36. The molecule has 1 heterocycles. The lowest BCUT2D eigenvalue weighted by molar-refractivity contribution is -0.120. The predicted octanol–water partition coefficient (Wildman–Crippen LogP) is 4.48. The highest BCUT2D eigenvalue weighted by atomic mass is 32.2. The first-order valence-corrected chi connectivity index (χ1v) is 12.8. The smallest absolute Gasteiger partial charge is 0.234 e. The summed E-state index contributed by atoms with van der Waals surface area (Å²) in [6.07, 6.45) is 6.10. The van der Waals surface area contributed by atoms with Crippen LogP contribution in [0.3, 0.4) is 0 Å². The first-order valence-electron chi connectivity index (χ1n) is 10.9. The van der Waals surface area contributed by atoms with Crippen molar-refractivity contribution in [3.63, 3.8) is 0 Å². The van der Waals surface area contributed by atoms with Gasteiger partial charge in [0.25, 0.3) is 0 Å². The lowest BCUT2D eigenvalue weighted by Crippen LogP contribution is -2.38. The lowest BCUT2D eigenvalue weighted by atomic mass is 9.67. The molecular weight excluding hydrogens is 424 g/mol. The van der Waals surface area contributed by atoms with Gasteiger partial charge in [-0.3, -0.25) is 9.52 Å². The quantitative estimate of drug-likeness (QED) is 0.571. The zero-order valence-corrected chi connectivity index (χ0v) is 19.0. The van der Waals surface area contributed by atoms with E-state index in [-0.39, 0.29) is 11.8 Å². The molecule has 0 bridgehead atoms. The normalized spacial score (nSPS) is 15.9. The third-order valence-corrected chi connectivity index (χ3v) is 6.72. The monoisotopic (exact) mass is 452 g/mol. The van der Waals surface area contributed by atoms with E-state index >= 15 is 0 Å². The lowest BCUT2D eigenvalue weighted by Gasteiger charge is -2.37. The number of rotatable bonds is 7. The molecule has 1 saturated carbocycles. The molecule has 1 aliphatic carbocycles. The van der Waals surface area contributed by atoms with Crippen LogP contribution in [-0.4, -0.2) is 25.6 Å². The Morgan fingerprint density at radius 2 is 1.72 bits per heavy atom. The molecule has 1 fully saturated rings. The van der Waals surface area contributed by atoms with Crippen molar-refractivity contribution < 1.29 is 17.9 Å². The highest BCUT2D eigenvalue weighted by molar-refractivity contribution is 7.89. The number of sulfonamides is 1. The molecule has 7 heteroatoms. The highest BCUT2D eigenvalue weighted by Crippen LogP contribution is 2.42. The molecule has 4 rings (SSSR count). The number of ether oxygens (including phenoxy) is 1. The van der Waals surface area contributed by atoms with Gasteiger partial charge in [-0.1, -0.05) is 55.7 Å². The Morgan fingerprint density at radius 3 is 2.44 bits per heavy atom. The summed E-state index contributed by atoms with van der Waals surface area (Å²) in [5, 5.41) is 1.10. The van der Waals surface area contributed by atoms with Crippen LogP contribution in [0.2, 0.25) is 0 Å². The van der Waals surface area contributed by atoms with E-state index in [2.05, 4.69) is 9.71 Å². The summed E-state index contributed by atoms with van der Waals surface area (Å²) in [5.41, 5.74) is 2.51. The van der Waals surface area contributed by atoms with E-state index in [1.807, 2.05) is 60.7 Å². The number of benzene rings is 2.